The van der Waals surface area contributed by atoms with Crippen LogP contribution in [0.3, 0.4) is 0 Å². The first-order valence-corrected chi connectivity index (χ1v) is 9.35. The number of rotatable bonds is 6. The van der Waals surface area contributed by atoms with E-state index in [0.29, 0.717) is 23.3 Å². The summed E-state index contributed by atoms with van der Waals surface area (Å²) in [4.78, 5) is 21.8. The summed E-state index contributed by atoms with van der Waals surface area (Å²) < 4.78 is 5.76. The highest BCUT2D eigenvalue weighted by atomic mass is 16.4. The third kappa shape index (κ3) is 4.08. The van der Waals surface area contributed by atoms with Crippen LogP contribution < -0.4 is 5.32 Å². The van der Waals surface area contributed by atoms with Crippen LogP contribution in [-0.4, -0.2) is 15.9 Å². The van der Waals surface area contributed by atoms with Gasteiger partial charge < -0.3 is 9.73 Å². The monoisotopic (exact) mass is 361 g/mol. The largest absolute Gasteiger partial charge is 0.441 e. The number of nitrogens with one attached hydrogen (secondary N) is 1. The van der Waals surface area contributed by atoms with E-state index < -0.39 is 0 Å². The van der Waals surface area contributed by atoms with Crippen LogP contribution in [0.25, 0.3) is 11.5 Å². The molecule has 0 spiro atoms. The Bertz CT molecular complexity index is 945. The van der Waals surface area contributed by atoms with Gasteiger partial charge in [0.25, 0.3) is 0 Å². The number of hydrogen-bond donors (Lipinski definition) is 1. The SMILES string of the molecule is Cc1cccc(C(NC(=O)Cc2nc(-c3ccccc3)oc2C)C2CC2)n1. The molecule has 1 unspecified atom stereocenters. The van der Waals surface area contributed by atoms with Gasteiger partial charge in [0.2, 0.25) is 11.8 Å². The lowest BCUT2D eigenvalue weighted by Crippen LogP contribution is -2.32. The summed E-state index contributed by atoms with van der Waals surface area (Å²) >= 11 is 0. The molecule has 1 aliphatic rings. The van der Waals surface area contributed by atoms with Crippen LogP contribution in [0.1, 0.15) is 41.7 Å². The van der Waals surface area contributed by atoms with Crippen molar-refractivity contribution in [2.75, 3.05) is 0 Å². The number of amides is 1. The number of oxazole rings is 1. The van der Waals surface area contributed by atoms with Crippen molar-refractivity contribution >= 4 is 5.91 Å². The van der Waals surface area contributed by atoms with E-state index in [9.17, 15) is 4.79 Å². The summed E-state index contributed by atoms with van der Waals surface area (Å²) in [6.45, 7) is 3.82. The molecule has 1 aliphatic carbocycles. The van der Waals surface area contributed by atoms with Gasteiger partial charge in [-0.3, -0.25) is 9.78 Å². The third-order valence-corrected chi connectivity index (χ3v) is 4.88. The molecule has 0 bridgehead atoms. The van der Waals surface area contributed by atoms with Crippen molar-refractivity contribution in [1.29, 1.82) is 0 Å². The minimum absolute atomic E-state index is 0.0294. The highest BCUT2D eigenvalue weighted by molar-refractivity contribution is 5.79. The molecular formula is C22H23N3O2. The lowest BCUT2D eigenvalue weighted by atomic mass is 10.1. The predicted octanol–water partition coefficient (Wildman–Crippen LogP) is 4.16. The van der Waals surface area contributed by atoms with Gasteiger partial charge in [-0.15, -0.1) is 0 Å². The van der Waals surface area contributed by atoms with Gasteiger partial charge in [-0.2, -0.15) is 0 Å². The van der Waals surface area contributed by atoms with Gasteiger partial charge in [0.05, 0.1) is 23.9 Å². The number of aryl methyl sites for hydroxylation is 2. The van der Waals surface area contributed by atoms with Crippen molar-refractivity contribution in [3.8, 4) is 11.5 Å². The number of benzene rings is 1. The Balaban J connectivity index is 1.48. The molecule has 1 aromatic carbocycles. The quantitative estimate of drug-likeness (QED) is 0.716. The summed E-state index contributed by atoms with van der Waals surface area (Å²) in [6.07, 6.45) is 2.46. The van der Waals surface area contributed by atoms with Crippen LogP contribution in [0.15, 0.2) is 52.9 Å². The van der Waals surface area contributed by atoms with E-state index in [1.165, 1.54) is 0 Å². The molecule has 0 saturated heterocycles. The molecule has 0 aliphatic heterocycles. The molecule has 5 heteroatoms. The summed E-state index contributed by atoms with van der Waals surface area (Å²) in [7, 11) is 0. The van der Waals surface area contributed by atoms with E-state index in [1.807, 2.05) is 62.4 Å². The average molecular weight is 361 g/mol. The normalized spacial score (nSPS) is 14.7. The third-order valence-electron chi connectivity index (χ3n) is 4.88. The maximum absolute atomic E-state index is 12.7. The Morgan fingerprint density at radius 2 is 1.89 bits per heavy atom. The summed E-state index contributed by atoms with van der Waals surface area (Å²) in [5, 5.41) is 3.16. The second-order valence-corrected chi connectivity index (χ2v) is 7.15. The van der Waals surface area contributed by atoms with E-state index in [0.717, 1.165) is 29.8 Å². The average Bonchev–Trinajstić information content (AvgIpc) is 3.44. The van der Waals surface area contributed by atoms with Crippen molar-refractivity contribution in [3.05, 3.63) is 71.4 Å². The number of nitrogens with zero attached hydrogens (tertiary/aromatic N) is 2. The van der Waals surface area contributed by atoms with E-state index in [2.05, 4.69) is 15.3 Å². The molecule has 0 radical (unpaired) electrons. The number of aromatic nitrogens is 2. The van der Waals surface area contributed by atoms with Crippen LogP contribution in [-0.2, 0) is 11.2 Å². The minimum atomic E-state index is -0.0498. The van der Waals surface area contributed by atoms with Gasteiger partial charge >= 0.3 is 0 Å². The van der Waals surface area contributed by atoms with Gasteiger partial charge in [-0.1, -0.05) is 24.3 Å². The second-order valence-electron chi connectivity index (χ2n) is 7.15. The Morgan fingerprint density at radius 1 is 1.11 bits per heavy atom. The van der Waals surface area contributed by atoms with E-state index >= 15 is 0 Å². The first kappa shape index (κ1) is 17.5. The Kier molecular flexibility index (Phi) is 4.75. The maximum Gasteiger partial charge on any atom is 0.226 e. The van der Waals surface area contributed by atoms with Crippen LogP contribution in [0.4, 0.5) is 0 Å². The minimum Gasteiger partial charge on any atom is -0.441 e. The highest BCUT2D eigenvalue weighted by Crippen LogP contribution is 2.40. The molecule has 2 aromatic heterocycles. The second kappa shape index (κ2) is 7.35. The zero-order valence-electron chi connectivity index (χ0n) is 15.6. The maximum atomic E-state index is 12.7. The molecule has 1 amide bonds. The smallest absolute Gasteiger partial charge is 0.226 e. The molecule has 27 heavy (non-hydrogen) atoms. The highest BCUT2D eigenvalue weighted by Gasteiger charge is 2.34. The fourth-order valence-electron chi connectivity index (χ4n) is 3.27. The van der Waals surface area contributed by atoms with Crippen LogP contribution in [0.2, 0.25) is 0 Å². The molecule has 4 rings (SSSR count). The van der Waals surface area contributed by atoms with Crippen molar-refractivity contribution in [2.24, 2.45) is 5.92 Å². The molecule has 3 aromatic rings. The topological polar surface area (TPSA) is 68.0 Å². The lowest BCUT2D eigenvalue weighted by molar-refractivity contribution is -0.121. The zero-order chi connectivity index (χ0) is 18.8. The zero-order valence-corrected chi connectivity index (χ0v) is 15.6. The van der Waals surface area contributed by atoms with Crippen molar-refractivity contribution < 1.29 is 9.21 Å². The van der Waals surface area contributed by atoms with Gasteiger partial charge in [0.1, 0.15) is 5.76 Å². The van der Waals surface area contributed by atoms with E-state index in [-0.39, 0.29) is 18.4 Å². The van der Waals surface area contributed by atoms with Crippen LogP contribution in [0.5, 0.6) is 0 Å². The molecule has 1 N–H and O–H groups in total. The Labute approximate surface area is 158 Å². The number of carbonyl (C=O) groups excluding carboxylic acids is 1. The lowest BCUT2D eigenvalue weighted by Gasteiger charge is -2.18. The van der Waals surface area contributed by atoms with E-state index in [4.69, 9.17) is 4.42 Å². The molecule has 1 saturated carbocycles. The van der Waals surface area contributed by atoms with Crippen LogP contribution in [0, 0.1) is 19.8 Å². The Hall–Kier alpha value is -2.95. The first-order chi connectivity index (χ1) is 13.1. The van der Waals surface area contributed by atoms with Gasteiger partial charge in [-0.25, -0.2) is 4.98 Å². The summed E-state index contributed by atoms with van der Waals surface area (Å²) in [5.41, 5.74) is 3.49. The number of pyridine rings is 1. The standard InChI is InChI=1S/C22H23N3O2/c1-14-7-6-10-18(23-14)21(16-11-12-16)25-20(26)13-19-15(2)27-22(24-19)17-8-4-3-5-9-17/h3-10,16,21H,11-13H2,1-2H3,(H,25,26). The number of carbonyl (C=O) groups is 1. The fraction of sp³-hybridized carbons (Fsp3) is 0.318. The first-order valence-electron chi connectivity index (χ1n) is 9.35. The molecule has 1 atom stereocenters. The van der Waals surface area contributed by atoms with Gasteiger partial charge in [-0.05, 0) is 56.9 Å². The number of hydrogen-bond acceptors (Lipinski definition) is 4. The van der Waals surface area contributed by atoms with Crippen molar-refractivity contribution in [1.82, 2.24) is 15.3 Å². The Morgan fingerprint density at radius 3 is 2.59 bits per heavy atom. The van der Waals surface area contributed by atoms with Crippen molar-refractivity contribution in [3.63, 3.8) is 0 Å². The summed E-state index contributed by atoms with van der Waals surface area (Å²) in [6, 6.07) is 15.6. The van der Waals surface area contributed by atoms with Crippen molar-refractivity contribution in [2.45, 2.75) is 39.2 Å². The molecule has 1 fully saturated rings. The fourth-order valence-corrected chi connectivity index (χ4v) is 3.27. The predicted molar refractivity (Wildman–Crippen MR) is 103 cm³/mol. The molecule has 5 nitrogen and oxygen atoms in total. The molecular weight excluding hydrogens is 338 g/mol. The molecule has 138 valence electrons. The molecule has 2 heterocycles. The summed E-state index contributed by atoms with van der Waals surface area (Å²) in [5.74, 6) is 1.66. The van der Waals surface area contributed by atoms with Crippen LogP contribution >= 0.6 is 0 Å². The van der Waals surface area contributed by atoms with E-state index in [1.54, 1.807) is 0 Å². The van der Waals surface area contributed by atoms with Gasteiger partial charge in [0, 0.05) is 11.3 Å². The van der Waals surface area contributed by atoms with Gasteiger partial charge in [0.15, 0.2) is 0 Å².